The van der Waals surface area contributed by atoms with Gasteiger partial charge in [-0.05, 0) is 20.8 Å². The molecule has 0 amide bonds. The van der Waals surface area contributed by atoms with Crippen LogP contribution >= 0.6 is 11.3 Å². The molecule has 0 aliphatic rings. The highest BCUT2D eigenvalue weighted by molar-refractivity contribution is 7.19. The third-order valence-corrected chi connectivity index (χ3v) is 3.40. The number of hydrogen-bond acceptors (Lipinski definition) is 4. The highest BCUT2D eigenvalue weighted by Gasteiger charge is 2.17. The minimum atomic E-state index is -0.247. The number of hydrogen-bond donors (Lipinski definition) is 0. The molecule has 0 saturated heterocycles. The van der Waals surface area contributed by atoms with Crippen LogP contribution in [-0.2, 0) is 4.74 Å². The Labute approximate surface area is 91.5 Å². The van der Waals surface area contributed by atoms with E-state index in [0.29, 0.717) is 11.5 Å². The molecule has 0 aliphatic heterocycles. The molecule has 0 spiro atoms. The zero-order valence-electron chi connectivity index (χ0n) is 8.90. The summed E-state index contributed by atoms with van der Waals surface area (Å²) in [6.45, 7) is 6.04. The molecule has 0 radical (unpaired) electrons. The van der Waals surface area contributed by atoms with E-state index in [1.165, 1.54) is 11.3 Å². The van der Waals surface area contributed by atoms with Crippen LogP contribution < -0.4 is 0 Å². The monoisotopic (exact) mass is 224 g/mol. The number of aromatic nitrogens is 2. The molecule has 0 N–H and O–H groups in total. The van der Waals surface area contributed by atoms with Gasteiger partial charge in [-0.2, -0.15) is 0 Å². The number of nitrogens with zero attached hydrogens (tertiary/aromatic N) is 2. The van der Waals surface area contributed by atoms with Crippen LogP contribution in [-0.4, -0.2) is 22.0 Å². The Morgan fingerprint density at radius 3 is 2.93 bits per heavy atom. The Morgan fingerprint density at radius 1 is 1.60 bits per heavy atom. The normalized spacial score (nSPS) is 10.9. The predicted molar refractivity (Wildman–Crippen MR) is 58.5 cm³/mol. The topological polar surface area (TPSA) is 43.6 Å². The van der Waals surface area contributed by atoms with Crippen molar-refractivity contribution in [1.82, 2.24) is 9.38 Å². The maximum atomic E-state index is 11.6. The standard InChI is InChI=1S/C10H12N2O2S/c1-4-14-10(13)9-6(2)12-7(3)11-5-8(12)15-9/h5H,4H2,1-3H3. The maximum Gasteiger partial charge on any atom is 0.350 e. The van der Waals surface area contributed by atoms with Gasteiger partial charge in [-0.15, -0.1) is 11.3 Å². The molecule has 15 heavy (non-hydrogen) atoms. The van der Waals surface area contributed by atoms with Gasteiger partial charge in [-0.1, -0.05) is 0 Å². The third-order valence-electron chi connectivity index (χ3n) is 2.24. The number of esters is 1. The van der Waals surface area contributed by atoms with Crippen molar-refractivity contribution in [3.05, 3.63) is 22.6 Å². The zero-order chi connectivity index (χ0) is 11.0. The summed E-state index contributed by atoms with van der Waals surface area (Å²) in [5.74, 6) is 0.650. The smallest absolute Gasteiger partial charge is 0.350 e. The Morgan fingerprint density at radius 2 is 2.33 bits per heavy atom. The van der Waals surface area contributed by atoms with Gasteiger partial charge in [-0.3, -0.25) is 4.40 Å². The number of rotatable bonds is 2. The van der Waals surface area contributed by atoms with E-state index in [2.05, 4.69) is 4.98 Å². The molecule has 0 fully saturated rings. The fraction of sp³-hybridized carbons (Fsp3) is 0.400. The summed E-state index contributed by atoms with van der Waals surface area (Å²) in [4.78, 5) is 17.4. The first kappa shape index (κ1) is 10.2. The van der Waals surface area contributed by atoms with Gasteiger partial charge in [-0.25, -0.2) is 9.78 Å². The van der Waals surface area contributed by atoms with Crippen molar-refractivity contribution in [1.29, 1.82) is 0 Å². The summed E-state index contributed by atoms with van der Waals surface area (Å²) in [6.07, 6.45) is 1.77. The van der Waals surface area contributed by atoms with E-state index in [1.807, 2.05) is 18.2 Å². The summed E-state index contributed by atoms with van der Waals surface area (Å²) < 4.78 is 6.95. The van der Waals surface area contributed by atoms with Crippen LogP contribution in [0.4, 0.5) is 0 Å². The molecule has 2 aromatic rings. The van der Waals surface area contributed by atoms with Gasteiger partial charge in [0.2, 0.25) is 0 Å². The van der Waals surface area contributed by atoms with Gasteiger partial charge in [0.15, 0.2) is 0 Å². The average Bonchev–Trinajstić information content (AvgIpc) is 2.70. The van der Waals surface area contributed by atoms with E-state index < -0.39 is 0 Å². The molecule has 2 rings (SSSR count). The average molecular weight is 224 g/mol. The number of thiazole rings is 1. The number of carbonyl (C=O) groups excluding carboxylic acids is 1. The van der Waals surface area contributed by atoms with E-state index in [0.717, 1.165) is 16.3 Å². The second kappa shape index (κ2) is 3.66. The van der Waals surface area contributed by atoms with Crippen LogP contribution in [0.5, 0.6) is 0 Å². The second-order valence-electron chi connectivity index (χ2n) is 3.22. The first-order chi connectivity index (χ1) is 7.15. The van der Waals surface area contributed by atoms with Gasteiger partial charge in [0, 0.05) is 5.69 Å². The van der Waals surface area contributed by atoms with Gasteiger partial charge in [0.1, 0.15) is 15.5 Å². The molecule has 80 valence electrons. The summed E-state index contributed by atoms with van der Waals surface area (Å²) in [6, 6.07) is 0. The van der Waals surface area contributed by atoms with Crippen molar-refractivity contribution in [3.8, 4) is 0 Å². The quantitative estimate of drug-likeness (QED) is 0.734. The van der Waals surface area contributed by atoms with Gasteiger partial charge >= 0.3 is 5.97 Å². The molecule has 0 aromatic carbocycles. The summed E-state index contributed by atoms with van der Waals surface area (Å²) >= 11 is 1.42. The van der Waals surface area contributed by atoms with Crippen molar-refractivity contribution in [2.75, 3.05) is 6.61 Å². The number of ether oxygens (including phenoxy) is 1. The summed E-state index contributed by atoms with van der Waals surface area (Å²) in [5.41, 5.74) is 0.906. The fourth-order valence-corrected chi connectivity index (χ4v) is 2.63. The Hall–Kier alpha value is -1.36. The molecule has 5 heteroatoms. The zero-order valence-corrected chi connectivity index (χ0v) is 9.72. The first-order valence-electron chi connectivity index (χ1n) is 4.75. The minimum absolute atomic E-state index is 0.247. The molecule has 0 aliphatic carbocycles. The minimum Gasteiger partial charge on any atom is -0.462 e. The maximum absolute atomic E-state index is 11.6. The largest absolute Gasteiger partial charge is 0.462 e. The molecular formula is C10H12N2O2S. The van der Waals surface area contributed by atoms with E-state index in [1.54, 1.807) is 13.1 Å². The van der Waals surface area contributed by atoms with Crippen LogP contribution in [0.1, 0.15) is 28.1 Å². The van der Waals surface area contributed by atoms with Crippen LogP contribution in [0.25, 0.3) is 4.83 Å². The molecule has 2 aromatic heterocycles. The molecule has 0 bridgehead atoms. The summed E-state index contributed by atoms with van der Waals surface area (Å²) in [5, 5.41) is 0. The Kier molecular flexibility index (Phi) is 2.48. The number of imidazole rings is 1. The van der Waals surface area contributed by atoms with E-state index >= 15 is 0 Å². The highest BCUT2D eigenvalue weighted by atomic mass is 32.1. The molecule has 0 saturated carbocycles. The van der Waals surface area contributed by atoms with Crippen LogP contribution in [0.2, 0.25) is 0 Å². The third kappa shape index (κ3) is 1.52. The summed E-state index contributed by atoms with van der Waals surface area (Å²) in [7, 11) is 0. The predicted octanol–water partition coefficient (Wildman–Crippen LogP) is 2.19. The lowest BCUT2D eigenvalue weighted by Gasteiger charge is -1.99. The van der Waals surface area contributed by atoms with Crippen molar-refractivity contribution in [2.24, 2.45) is 0 Å². The Bertz CT molecular complexity index is 513. The van der Waals surface area contributed by atoms with Gasteiger partial charge in [0.05, 0.1) is 12.8 Å². The lowest BCUT2D eigenvalue weighted by Crippen LogP contribution is -2.05. The highest BCUT2D eigenvalue weighted by Crippen LogP contribution is 2.24. The van der Waals surface area contributed by atoms with Crippen molar-refractivity contribution in [3.63, 3.8) is 0 Å². The van der Waals surface area contributed by atoms with Gasteiger partial charge < -0.3 is 4.74 Å². The van der Waals surface area contributed by atoms with Crippen LogP contribution in [0.3, 0.4) is 0 Å². The molecule has 2 heterocycles. The molecule has 0 atom stereocenters. The second-order valence-corrected chi connectivity index (χ2v) is 4.25. The van der Waals surface area contributed by atoms with E-state index in [9.17, 15) is 4.79 Å². The van der Waals surface area contributed by atoms with E-state index in [4.69, 9.17) is 4.74 Å². The lowest BCUT2D eigenvalue weighted by atomic mass is 10.4. The number of aryl methyl sites for hydroxylation is 2. The van der Waals surface area contributed by atoms with Crippen molar-refractivity contribution < 1.29 is 9.53 Å². The van der Waals surface area contributed by atoms with E-state index in [-0.39, 0.29) is 5.97 Å². The van der Waals surface area contributed by atoms with Crippen molar-refractivity contribution >= 4 is 22.1 Å². The SMILES string of the molecule is CCOC(=O)c1sc2cnc(C)n2c1C. The number of fused-ring (bicyclic) bond motifs is 1. The lowest BCUT2D eigenvalue weighted by molar-refractivity contribution is 0.0531. The Balaban J connectivity index is 2.53. The molecule has 4 nitrogen and oxygen atoms in total. The number of carbonyl (C=O) groups is 1. The first-order valence-corrected chi connectivity index (χ1v) is 5.57. The van der Waals surface area contributed by atoms with Crippen LogP contribution in [0, 0.1) is 13.8 Å². The van der Waals surface area contributed by atoms with Crippen molar-refractivity contribution in [2.45, 2.75) is 20.8 Å². The molecular weight excluding hydrogens is 212 g/mol. The van der Waals surface area contributed by atoms with Crippen LogP contribution in [0.15, 0.2) is 6.20 Å². The molecule has 0 unspecified atom stereocenters. The van der Waals surface area contributed by atoms with Gasteiger partial charge in [0.25, 0.3) is 0 Å². The fourth-order valence-electron chi connectivity index (χ4n) is 1.57.